The smallest absolute Gasteiger partial charge is 0.126 e. The predicted octanol–water partition coefficient (Wildman–Crippen LogP) is 3.26. The van der Waals surface area contributed by atoms with Gasteiger partial charge in [-0.05, 0) is 61.6 Å². The van der Waals surface area contributed by atoms with Gasteiger partial charge < -0.3 is 5.73 Å². The normalized spacial score (nSPS) is 20.4. The topological polar surface area (TPSA) is 29.3 Å². The number of hydrogen-bond donors (Lipinski definition) is 1. The molecule has 1 atom stereocenters. The zero-order valence-corrected chi connectivity index (χ0v) is 12.3. The van der Waals surface area contributed by atoms with Gasteiger partial charge in [-0.2, -0.15) is 0 Å². The van der Waals surface area contributed by atoms with Gasteiger partial charge in [0.2, 0.25) is 0 Å². The van der Waals surface area contributed by atoms with Gasteiger partial charge in [0.1, 0.15) is 5.82 Å². The molecule has 0 amide bonds. The highest BCUT2D eigenvalue weighted by atomic mass is 19.1. The number of hydrogen-bond acceptors (Lipinski definition) is 2. The number of rotatable bonds is 7. The summed E-state index contributed by atoms with van der Waals surface area (Å²) in [5.74, 6) is 1.58. The zero-order valence-electron chi connectivity index (χ0n) is 12.3. The third kappa shape index (κ3) is 3.39. The van der Waals surface area contributed by atoms with Crippen molar-refractivity contribution in [2.75, 3.05) is 19.6 Å². The Kier molecular flexibility index (Phi) is 4.08. The minimum absolute atomic E-state index is 0.112. The molecule has 110 valence electrons. The van der Waals surface area contributed by atoms with E-state index >= 15 is 0 Å². The number of nitrogens with two attached hydrogens (primary N) is 1. The Bertz CT molecular complexity index is 452. The lowest BCUT2D eigenvalue weighted by Crippen LogP contribution is -2.36. The summed E-state index contributed by atoms with van der Waals surface area (Å²) in [5, 5.41) is 0. The van der Waals surface area contributed by atoms with E-state index in [-0.39, 0.29) is 11.9 Å². The number of benzene rings is 1. The summed E-state index contributed by atoms with van der Waals surface area (Å²) in [4.78, 5) is 2.51. The van der Waals surface area contributed by atoms with E-state index in [1.54, 1.807) is 6.07 Å². The highest BCUT2D eigenvalue weighted by Gasteiger charge is 2.32. The molecule has 0 aromatic heterocycles. The average Bonchev–Trinajstić information content (AvgIpc) is 3.30. The van der Waals surface area contributed by atoms with Gasteiger partial charge in [0.15, 0.2) is 0 Å². The summed E-state index contributed by atoms with van der Waals surface area (Å²) in [7, 11) is 0. The van der Waals surface area contributed by atoms with E-state index in [1.807, 2.05) is 19.1 Å². The van der Waals surface area contributed by atoms with Crippen LogP contribution in [0.5, 0.6) is 0 Å². The van der Waals surface area contributed by atoms with E-state index in [0.29, 0.717) is 12.1 Å². The second kappa shape index (κ2) is 5.82. The molecule has 1 aromatic rings. The minimum Gasteiger partial charge on any atom is -0.329 e. The molecule has 2 fully saturated rings. The van der Waals surface area contributed by atoms with Crippen molar-refractivity contribution in [2.24, 2.45) is 17.6 Å². The molecule has 3 rings (SSSR count). The van der Waals surface area contributed by atoms with Crippen LogP contribution in [0, 0.1) is 24.6 Å². The van der Waals surface area contributed by atoms with Gasteiger partial charge in [-0.1, -0.05) is 12.1 Å². The first-order valence-corrected chi connectivity index (χ1v) is 7.87. The quantitative estimate of drug-likeness (QED) is 0.828. The molecule has 20 heavy (non-hydrogen) atoms. The third-order valence-electron chi connectivity index (χ3n) is 4.62. The van der Waals surface area contributed by atoms with Crippen molar-refractivity contribution in [1.82, 2.24) is 4.90 Å². The van der Waals surface area contributed by atoms with Crippen LogP contribution in [-0.4, -0.2) is 24.5 Å². The maximum absolute atomic E-state index is 13.8. The van der Waals surface area contributed by atoms with Gasteiger partial charge in [0, 0.05) is 25.7 Å². The monoisotopic (exact) mass is 276 g/mol. The van der Waals surface area contributed by atoms with Crippen LogP contribution < -0.4 is 5.73 Å². The number of aryl methyl sites for hydroxylation is 1. The van der Waals surface area contributed by atoms with Gasteiger partial charge in [0.25, 0.3) is 0 Å². The van der Waals surface area contributed by atoms with Crippen LogP contribution >= 0.6 is 0 Å². The van der Waals surface area contributed by atoms with Crippen LogP contribution in [0.15, 0.2) is 18.2 Å². The first-order chi connectivity index (χ1) is 9.67. The second-order valence-corrected chi connectivity index (χ2v) is 6.60. The molecule has 2 saturated carbocycles. The predicted molar refractivity (Wildman–Crippen MR) is 80.0 cm³/mol. The summed E-state index contributed by atoms with van der Waals surface area (Å²) in [6.07, 6.45) is 5.39. The van der Waals surface area contributed by atoms with Crippen LogP contribution in [0.1, 0.15) is 42.9 Å². The van der Waals surface area contributed by atoms with Crippen LogP contribution in [0.4, 0.5) is 4.39 Å². The standard InChI is InChI=1S/C17H25FN2/c1-12-2-7-15(8-16(12)18)17(9-19)20(10-13-3-4-13)11-14-5-6-14/h2,7-8,13-14,17H,3-6,9-11,19H2,1H3. The van der Waals surface area contributed by atoms with Crippen molar-refractivity contribution in [3.63, 3.8) is 0 Å². The molecule has 0 bridgehead atoms. The summed E-state index contributed by atoms with van der Waals surface area (Å²) >= 11 is 0. The van der Waals surface area contributed by atoms with Crippen LogP contribution in [0.3, 0.4) is 0 Å². The largest absolute Gasteiger partial charge is 0.329 e. The first kappa shape index (κ1) is 14.0. The fourth-order valence-corrected chi connectivity index (χ4v) is 2.91. The summed E-state index contributed by atoms with van der Waals surface area (Å²) in [6.45, 7) is 4.65. The van der Waals surface area contributed by atoms with Crippen molar-refractivity contribution in [1.29, 1.82) is 0 Å². The Balaban J connectivity index is 1.77. The molecule has 3 heteroatoms. The lowest BCUT2D eigenvalue weighted by molar-refractivity contribution is 0.184. The molecule has 0 heterocycles. The molecular weight excluding hydrogens is 251 g/mol. The van der Waals surface area contributed by atoms with E-state index in [9.17, 15) is 4.39 Å². The van der Waals surface area contributed by atoms with Gasteiger partial charge in [-0.3, -0.25) is 4.90 Å². The van der Waals surface area contributed by atoms with Gasteiger partial charge in [0.05, 0.1) is 0 Å². The van der Waals surface area contributed by atoms with E-state index < -0.39 is 0 Å². The molecule has 2 aliphatic rings. The molecule has 0 saturated heterocycles. The molecule has 2 N–H and O–H groups in total. The first-order valence-electron chi connectivity index (χ1n) is 7.87. The van der Waals surface area contributed by atoms with E-state index in [2.05, 4.69) is 4.90 Å². The molecule has 1 unspecified atom stereocenters. The summed E-state index contributed by atoms with van der Waals surface area (Å²) in [6, 6.07) is 5.77. The van der Waals surface area contributed by atoms with Crippen molar-refractivity contribution in [3.05, 3.63) is 35.1 Å². The van der Waals surface area contributed by atoms with Crippen LogP contribution in [-0.2, 0) is 0 Å². The van der Waals surface area contributed by atoms with Gasteiger partial charge in [-0.15, -0.1) is 0 Å². The van der Waals surface area contributed by atoms with Crippen molar-refractivity contribution >= 4 is 0 Å². The Morgan fingerprint density at radius 2 is 1.80 bits per heavy atom. The van der Waals surface area contributed by atoms with Gasteiger partial charge in [-0.25, -0.2) is 4.39 Å². The Hall–Kier alpha value is -0.930. The van der Waals surface area contributed by atoms with Crippen LogP contribution in [0.2, 0.25) is 0 Å². The lowest BCUT2D eigenvalue weighted by Gasteiger charge is -2.31. The SMILES string of the molecule is Cc1ccc(C(CN)N(CC2CC2)CC2CC2)cc1F. The number of halogens is 1. The van der Waals surface area contributed by atoms with Crippen LogP contribution in [0.25, 0.3) is 0 Å². The van der Waals surface area contributed by atoms with E-state index in [1.165, 1.54) is 25.7 Å². The summed E-state index contributed by atoms with van der Waals surface area (Å²) in [5.41, 5.74) is 7.77. The molecule has 1 aromatic carbocycles. The molecule has 0 radical (unpaired) electrons. The Morgan fingerprint density at radius 1 is 1.20 bits per heavy atom. The second-order valence-electron chi connectivity index (χ2n) is 6.60. The average molecular weight is 276 g/mol. The molecule has 0 aliphatic heterocycles. The molecule has 2 nitrogen and oxygen atoms in total. The fraction of sp³-hybridized carbons (Fsp3) is 0.647. The van der Waals surface area contributed by atoms with Crippen molar-refractivity contribution in [3.8, 4) is 0 Å². The Morgan fingerprint density at radius 3 is 2.25 bits per heavy atom. The Labute approximate surface area is 121 Å². The van der Waals surface area contributed by atoms with Crippen molar-refractivity contribution < 1.29 is 4.39 Å². The number of nitrogens with zero attached hydrogens (tertiary/aromatic N) is 1. The molecule has 2 aliphatic carbocycles. The molecular formula is C17H25FN2. The highest BCUT2D eigenvalue weighted by molar-refractivity contribution is 5.26. The van der Waals surface area contributed by atoms with E-state index in [0.717, 1.165) is 30.5 Å². The van der Waals surface area contributed by atoms with Gasteiger partial charge >= 0.3 is 0 Å². The summed E-state index contributed by atoms with van der Waals surface area (Å²) < 4.78 is 13.8. The third-order valence-corrected chi connectivity index (χ3v) is 4.62. The maximum Gasteiger partial charge on any atom is 0.126 e. The molecule has 0 spiro atoms. The maximum atomic E-state index is 13.8. The zero-order chi connectivity index (χ0) is 14.1. The van der Waals surface area contributed by atoms with Crippen molar-refractivity contribution in [2.45, 2.75) is 38.6 Å². The highest BCUT2D eigenvalue weighted by Crippen LogP contribution is 2.37. The minimum atomic E-state index is -0.112. The fourth-order valence-electron chi connectivity index (χ4n) is 2.91. The lowest BCUT2D eigenvalue weighted by atomic mass is 10.0. The van der Waals surface area contributed by atoms with E-state index in [4.69, 9.17) is 5.73 Å².